The molecule has 8 nitrogen and oxygen atoms in total. The van der Waals surface area contributed by atoms with Gasteiger partial charge in [-0.05, 0) is 33.5 Å². The monoisotopic (exact) mass is 473 g/mol. The Morgan fingerprint density at radius 1 is 1.10 bits per heavy atom. The minimum atomic E-state index is -0.0500. The second-order valence-electron chi connectivity index (χ2n) is 7.49. The van der Waals surface area contributed by atoms with Crippen molar-refractivity contribution in [3.05, 3.63) is 75.9 Å². The number of anilines is 1. The highest BCUT2D eigenvalue weighted by atomic mass is 79.9. The van der Waals surface area contributed by atoms with Gasteiger partial charge in [-0.1, -0.05) is 30.3 Å². The molecule has 1 aromatic carbocycles. The molecule has 0 unspecified atom stereocenters. The molecule has 5 heterocycles. The van der Waals surface area contributed by atoms with Gasteiger partial charge in [-0.25, -0.2) is 15.0 Å². The van der Waals surface area contributed by atoms with Crippen LogP contribution in [0, 0.1) is 0 Å². The minimum Gasteiger partial charge on any atom is -0.351 e. The van der Waals surface area contributed by atoms with Gasteiger partial charge in [0.15, 0.2) is 11.4 Å². The summed E-state index contributed by atoms with van der Waals surface area (Å²) < 4.78 is 0.853. The second-order valence-corrected chi connectivity index (χ2v) is 8.28. The quantitative estimate of drug-likeness (QED) is 0.386. The molecule has 0 saturated heterocycles. The summed E-state index contributed by atoms with van der Waals surface area (Å²) in [7, 11) is 0. The van der Waals surface area contributed by atoms with Gasteiger partial charge in [-0.2, -0.15) is 5.10 Å². The zero-order valence-electron chi connectivity index (χ0n) is 16.3. The summed E-state index contributed by atoms with van der Waals surface area (Å²) in [4.78, 5) is 31.9. The summed E-state index contributed by atoms with van der Waals surface area (Å²) in [6, 6.07) is 9.27. The molecule has 0 bridgehead atoms. The minimum absolute atomic E-state index is 0.0500. The molecule has 0 radical (unpaired) electrons. The van der Waals surface area contributed by atoms with Gasteiger partial charge in [0.2, 0.25) is 0 Å². The van der Waals surface area contributed by atoms with Gasteiger partial charge in [0.1, 0.15) is 22.4 Å². The van der Waals surface area contributed by atoms with Crippen molar-refractivity contribution in [2.24, 2.45) is 0 Å². The molecule has 0 atom stereocenters. The summed E-state index contributed by atoms with van der Waals surface area (Å²) in [6.07, 6.45) is 5.96. The third-order valence-corrected chi connectivity index (χ3v) is 6.33. The number of benzene rings is 1. The third-order valence-electron chi connectivity index (χ3n) is 5.76. The molecule has 6 rings (SSSR count). The van der Waals surface area contributed by atoms with Crippen LogP contribution in [-0.2, 0) is 13.0 Å². The number of halogens is 1. The van der Waals surface area contributed by atoms with E-state index in [0.717, 1.165) is 39.7 Å². The summed E-state index contributed by atoms with van der Waals surface area (Å²) in [5, 5.41) is 8.97. The molecule has 5 aromatic rings. The number of nitrogens with one attached hydrogen (secondary N) is 2. The topological polar surface area (TPSA) is 103 Å². The van der Waals surface area contributed by atoms with E-state index < -0.39 is 0 Å². The van der Waals surface area contributed by atoms with Crippen LogP contribution in [0.1, 0.15) is 27.0 Å². The smallest absolute Gasteiger partial charge is 0.195 e. The van der Waals surface area contributed by atoms with E-state index in [-0.39, 0.29) is 5.78 Å². The van der Waals surface area contributed by atoms with Crippen LogP contribution in [0.2, 0.25) is 0 Å². The van der Waals surface area contributed by atoms with E-state index in [1.165, 1.54) is 11.9 Å². The standard InChI is InChI=1S/C22H16BrN7O/c23-19-16-14-6-7-30(10-13(14)8-24-21(16)29-28-19)22-17-15(9-25-20(17)26-11-27-22)18(31)12-4-2-1-3-5-12/h1-5,8-9,11H,6-7,10H2,(H,24,28,29)(H,25,26,27). The van der Waals surface area contributed by atoms with Gasteiger partial charge >= 0.3 is 0 Å². The molecule has 0 fully saturated rings. The Bertz CT molecular complexity index is 1460. The number of ketones is 1. The fourth-order valence-electron chi connectivity index (χ4n) is 4.29. The number of carbonyl (C=O) groups is 1. The molecule has 1 aliphatic rings. The molecule has 1 aliphatic heterocycles. The van der Waals surface area contributed by atoms with E-state index in [2.05, 4.69) is 51.0 Å². The maximum atomic E-state index is 13.2. The van der Waals surface area contributed by atoms with Crippen LogP contribution in [-0.4, -0.2) is 42.5 Å². The van der Waals surface area contributed by atoms with Gasteiger partial charge in [0.25, 0.3) is 0 Å². The maximum Gasteiger partial charge on any atom is 0.195 e. The number of hydrogen-bond acceptors (Lipinski definition) is 6. The number of aromatic nitrogens is 6. The molecule has 9 heteroatoms. The van der Waals surface area contributed by atoms with E-state index >= 15 is 0 Å². The first-order valence-corrected chi connectivity index (χ1v) is 10.7. The van der Waals surface area contributed by atoms with Crippen LogP contribution < -0.4 is 4.90 Å². The summed E-state index contributed by atoms with van der Waals surface area (Å²) in [6.45, 7) is 1.41. The highest BCUT2D eigenvalue weighted by Gasteiger charge is 2.26. The van der Waals surface area contributed by atoms with Crippen molar-refractivity contribution in [3.8, 4) is 0 Å². The number of nitrogens with zero attached hydrogens (tertiary/aromatic N) is 5. The molecule has 4 aromatic heterocycles. The molecule has 2 N–H and O–H groups in total. The zero-order chi connectivity index (χ0) is 20.9. The lowest BCUT2D eigenvalue weighted by Gasteiger charge is -2.30. The van der Waals surface area contributed by atoms with E-state index in [0.29, 0.717) is 29.0 Å². The van der Waals surface area contributed by atoms with Crippen molar-refractivity contribution in [2.75, 3.05) is 11.4 Å². The average molecular weight is 474 g/mol. The van der Waals surface area contributed by atoms with Gasteiger partial charge in [0, 0.05) is 31.0 Å². The van der Waals surface area contributed by atoms with E-state index in [1.807, 2.05) is 36.5 Å². The molecular formula is C22H16BrN7O. The number of aromatic amines is 2. The zero-order valence-corrected chi connectivity index (χ0v) is 17.8. The lowest BCUT2D eigenvalue weighted by atomic mass is 9.98. The Labute approximate surface area is 184 Å². The molecule has 152 valence electrons. The number of hydrogen-bond donors (Lipinski definition) is 2. The van der Waals surface area contributed by atoms with E-state index in [1.54, 1.807) is 6.20 Å². The van der Waals surface area contributed by atoms with Crippen LogP contribution in [0.25, 0.3) is 22.1 Å². The van der Waals surface area contributed by atoms with Crippen LogP contribution >= 0.6 is 15.9 Å². The number of rotatable bonds is 3. The first-order chi connectivity index (χ1) is 15.2. The van der Waals surface area contributed by atoms with Crippen molar-refractivity contribution in [1.29, 1.82) is 0 Å². The molecule has 0 spiro atoms. The number of H-pyrrole nitrogens is 2. The lowest BCUT2D eigenvalue weighted by Crippen LogP contribution is -2.31. The highest BCUT2D eigenvalue weighted by Crippen LogP contribution is 2.34. The Balaban J connectivity index is 1.44. The molecular weight excluding hydrogens is 458 g/mol. The number of pyridine rings is 1. The van der Waals surface area contributed by atoms with Crippen LogP contribution in [0.3, 0.4) is 0 Å². The first kappa shape index (κ1) is 18.2. The van der Waals surface area contributed by atoms with Crippen LogP contribution in [0.15, 0.2) is 53.7 Å². The Morgan fingerprint density at radius 2 is 1.97 bits per heavy atom. The normalized spacial score (nSPS) is 13.6. The lowest BCUT2D eigenvalue weighted by molar-refractivity contribution is 0.104. The van der Waals surface area contributed by atoms with Crippen LogP contribution in [0.5, 0.6) is 0 Å². The fraction of sp³-hybridized carbons (Fsp3) is 0.136. The fourth-order valence-corrected chi connectivity index (χ4v) is 4.80. The van der Waals surface area contributed by atoms with E-state index in [4.69, 9.17) is 0 Å². The average Bonchev–Trinajstić information content (AvgIpc) is 3.42. The van der Waals surface area contributed by atoms with Crippen molar-refractivity contribution < 1.29 is 4.79 Å². The summed E-state index contributed by atoms with van der Waals surface area (Å²) in [5.74, 6) is 0.702. The molecule has 31 heavy (non-hydrogen) atoms. The van der Waals surface area contributed by atoms with Crippen molar-refractivity contribution in [1.82, 2.24) is 30.1 Å². The molecule has 0 aliphatic carbocycles. The third kappa shape index (κ3) is 2.84. The molecule has 0 saturated carbocycles. The first-order valence-electron chi connectivity index (χ1n) is 9.88. The van der Waals surface area contributed by atoms with Crippen molar-refractivity contribution in [3.63, 3.8) is 0 Å². The predicted octanol–water partition coefficient (Wildman–Crippen LogP) is 3.79. The summed E-state index contributed by atoms with van der Waals surface area (Å²) >= 11 is 3.55. The maximum absolute atomic E-state index is 13.2. The van der Waals surface area contributed by atoms with E-state index in [9.17, 15) is 4.79 Å². The van der Waals surface area contributed by atoms with Crippen molar-refractivity contribution in [2.45, 2.75) is 13.0 Å². The van der Waals surface area contributed by atoms with Gasteiger partial charge in [-0.3, -0.25) is 9.89 Å². The molecule has 0 amide bonds. The summed E-state index contributed by atoms with van der Waals surface area (Å²) in [5.41, 5.74) is 4.94. The second kappa shape index (κ2) is 6.98. The number of carbonyl (C=O) groups excluding carboxylic acids is 1. The van der Waals surface area contributed by atoms with Crippen LogP contribution in [0.4, 0.5) is 5.82 Å². The van der Waals surface area contributed by atoms with Gasteiger partial charge in [-0.15, -0.1) is 0 Å². The predicted molar refractivity (Wildman–Crippen MR) is 120 cm³/mol. The Kier molecular flexibility index (Phi) is 4.10. The highest BCUT2D eigenvalue weighted by molar-refractivity contribution is 9.10. The Morgan fingerprint density at radius 3 is 2.84 bits per heavy atom. The largest absolute Gasteiger partial charge is 0.351 e. The Hall–Kier alpha value is -3.59. The van der Waals surface area contributed by atoms with Gasteiger partial charge < -0.3 is 9.88 Å². The van der Waals surface area contributed by atoms with Gasteiger partial charge in [0.05, 0.1) is 16.3 Å². The SMILES string of the molecule is O=C(c1ccccc1)c1c[nH]c2ncnc(N3CCc4c(cnc5n[nH]c(Br)c45)C3)c12. The van der Waals surface area contributed by atoms with Crippen molar-refractivity contribution >= 4 is 49.6 Å². The number of fused-ring (bicyclic) bond motifs is 4.